The molecule has 1 heterocycles. The quantitative estimate of drug-likeness (QED) is 0.445. The molecule has 1 aliphatic rings. The molecule has 0 N–H and O–H groups in total. The fraction of sp³-hybridized carbons (Fsp3) is 1.00. The number of rotatable bonds is 8. The second-order valence-electron chi connectivity index (χ2n) is 4.10. The summed E-state index contributed by atoms with van der Waals surface area (Å²) in [5.41, 5.74) is -0.122. The van der Waals surface area contributed by atoms with Gasteiger partial charge in [0.2, 0.25) is 0 Å². The first-order chi connectivity index (χ1) is 6.73. The van der Waals surface area contributed by atoms with Crippen LogP contribution in [0.2, 0.25) is 0 Å². The number of nitrogens with zero attached hydrogens (tertiary/aromatic N) is 1. The predicted molar refractivity (Wildman–Crippen MR) is 56.8 cm³/mol. The maximum Gasteiger partial charge on any atom is 0.156 e. The Morgan fingerprint density at radius 1 is 1.14 bits per heavy atom. The Labute approximate surface area is 87.3 Å². The van der Waals surface area contributed by atoms with Crippen LogP contribution in [0.15, 0.2) is 0 Å². The summed E-state index contributed by atoms with van der Waals surface area (Å²) in [4.78, 5) is 5.55. The van der Waals surface area contributed by atoms with Crippen molar-refractivity contribution in [3.8, 4) is 0 Å². The van der Waals surface area contributed by atoms with Crippen LogP contribution in [0.25, 0.3) is 0 Å². The van der Waals surface area contributed by atoms with Crippen molar-refractivity contribution in [1.29, 1.82) is 0 Å². The zero-order chi connectivity index (χ0) is 10.4. The molecule has 1 rings (SSSR count). The summed E-state index contributed by atoms with van der Waals surface area (Å²) in [6.45, 7) is 9.02. The van der Waals surface area contributed by atoms with Gasteiger partial charge in [0.15, 0.2) is 5.72 Å². The Morgan fingerprint density at radius 3 is 2.43 bits per heavy atom. The highest BCUT2D eigenvalue weighted by atomic mass is 16.7. The number of ether oxygens (including phenoxy) is 1. The van der Waals surface area contributed by atoms with Gasteiger partial charge in [-0.3, -0.25) is 4.84 Å². The highest BCUT2D eigenvalue weighted by Crippen LogP contribution is 2.33. The zero-order valence-corrected chi connectivity index (χ0v) is 9.71. The zero-order valence-electron chi connectivity index (χ0n) is 9.71. The Hall–Kier alpha value is -0.120. The van der Waals surface area contributed by atoms with E-state index in [-0.39, 0.29) is 5.72 Å². The van der Waals surface area contributed by atoms with Gasteiger partial charge in [-0.05, 0) is 19.8 Å². The molecule has 1 aliphatic heterocycles. The minimum Gasteiger partial charge on any atom is -0.357 e. The minimum absolute atomic E-state index is 0.122. The first kappa shape index (κ1) is 12.0. The molecule has 0 amide bonds. The van der Waals surface area contributed by atoms with Crippen molar-refractivity contribution in [3.63, 3.8) is 0 Å². The van der Waals surface area contributed by atoms with Gasteiger partial charge in [0, 0.05) is 6.61 Å². The third-order valence-corrected chi connectivity index (χ3v) is 2.52. The molecular formula is C11H23NO2. The van der Waals surface area contributed by atoms with E-state index in [2.05, 4.69) is 20.8 Å². The highest BCUT2D eigenvalue weighted by molar-refractivity contribution is 4.89. The molecule has 3 nitrogen and oxygen atoms in total. The minimum atomic E-state index is -0.122. The lowest BCUT2D eigenvalue weighted by Crippen LogP contribution is -2.20. The summed E-state index contributed by atoms with van der Waals surface area (Å²) >= 11 is 0. The van der Waals surface area contributed by atoms with Crippen molar-refractivity contribution in [1.82, 2.24) is 5.06 Å². The summed E-state index contributed by atoms with van der Waals surface area (Å²) < 4.78 is 5.73. The average molecular weight is 201 g/mol. The van der Waals surface area contributed by atoms with Crippen molar-refractivity contribution < 1.29 is 9.57 Å². The largest absolute Gasteiger partial charge is 0.357 e. The van der Waals surface area contributed by atoms with Crippen molar-refractivity contribution >= 4 is 0 Å². The Bertz CT molecular complexity index is 163. The van der Waals surface area contributed by atoms with Crippen molar-refractivity contribution in [3.05, 3.63) is 0 Å². The van der Waals surface area contributed by atoms with Crippen molar-refractivity contribution in [2.24, 2.45) is 0 Å². The van der Waals surface area contributed by atoms with E-state index < -0.39 is 0 Å². The van der Waals surface area contributed by atoms with E-state index in [4.69, 9.17) is 9.57 Å². The van der Waals surface area contributed by atoms with Crippen molar-refractivity contribution in [2.75, 3.05) is 19.8 Å². The van der Waals surface area contributed by atoms with Crippen LogP contribution < -0.4 is 0 Å². The number of hydrogen-bond acceptors (Lipinski definition) is 3. The van der Waals surface area contributed by atoms with Gasteiger partial charge in [0.1, 0.15) is 0 Å². The van der Waals surface area contributed by atoms with Gasteiger partial charge in [-0.15, -0.1) is 0 Å². The van der Waals surface area contributed by atoms with Crippen LogP contribution in [0.5, 0.6) is 0 Å². The fourth-order valence-corrected chi connectivity index (χ4v) is 1.29. The third-order valence-electron chi connectivity index (χ3n) is 2.52. The van der Waals surface area contributed by atoms with Crippen molar-refractivity contribution in [2.45, 2.75) is 52.2 Å². The molecular weight excluding hydrogens is 178 g/mol. The smallest absolute Gasteiger partial charge is 0.156 e. The van der Waals surface area contributed by atoms with Gasteiger partial charge in [-0.1, -0.05) is 26.7 Å². The molecule has 0 aromatic rings. The van der Waals surface area contributed by atoms with E-state index in [1.54, 1.807) is 0 Å². The van der Waals surface area contributed by atoms with E-state index in [1.165, 1.54) is 12.8 Å². The number of hydrogen-bond donors (Lipinski definition) is 0. The van der Waals surface area contributed by atoms with Crippen LogP contribution in [0.4, 0.5) is 0 Å². The summed E-state index contributed by atoms with van der Waals surface area (Å²) in [5.74, 6) is 0. The first-order valence-corrected chi connectivity index (χ1v) is 5.77. The van der Waals surface area contributed by atoms with E-state index in [1.807, 2.05) is 5.06 Å². The number of unbranched alkanes of at least 4 members (excludes halogenated alkanes) is 2. The lowest BCUT2D eigenvalue weighted by atomic mass is 10.3. The molecule has 2 unspecified atom stereocenters. The summed E-state index contributed by atoms with van der Waals surface area (Å²) in [7, 11) is 0. The molecule has 1 fully saturated rings. The SMILES string of the molecule is CCCCON1CC1(C)OCCCC. The van der Waals surface area contributed by atoms with E-state index in [0.717, 1.165) is 32.6 Å². The van der Waals surface area contributed by atoms with Crippen LogP contribution >= 0.6 is 0 Å². The van der Waals surface area contributed by atoms with Crippen LogP contribution in [0, 0.1) is 0 Å². The molecule has 0 aromatic heterocycles. The van der Waals surface area contributed by atoms with Gasteiger partial charge in [0.05, 0.1) is 13.2 Å². The molecule has 0 radical (unpaired) electrons. The fourth-order valence-electron chi connectivity index (χ4n) is 1.29. The van der Waals surface area contributed by atoms with E-state index >= 15 is 0 Å². The molecule has 0 bridgehead atoms. The summed E-state index contributed by atoms with van der Waals surface area (Å²) in [6.07, 6.45) is 4.63. The molecule has 0 aliphatic carbocycles. The van der Waals surface area contributed by atoms with Crippen LogP contribution in [-0.2, 0) is 9.57 Å². The predicted octanol–water partition coefficient (Wildman–Crippen LogP) is 2.57. The average Bonchev–Trinajstić information content (AvgIpc) is 2.79. The Kier molecular flexibility index (Phi) is 4.85. The van der Waals surface area contributed by atoms with Gasteiger partial charge in [0.25, 0.3) is 0 Å². The molecule has 1 saturated heterocycles. The lowest BCUT2D eigenvalue weighted by Gasteiger charge is -2.13. The Morgan fingerprint density at radius 2 is 1.79 bits per heavy atom. The summed E-state index contributed by atoms with van der Waals surface area (Å²) in [5, 5.41) is 1.94. The standard InChI is InChI=1S/C11H23NO2/c1-4-6-8-13-11(3)10-12(11)14-9-7-5-2/h4-10H2,1-3H3. The van der Waals surface area contributed by atoms with E-state index in [0.29, 0.717) is 0 Å². The van der Waals surface area contributed by atoms with Gasteiger partial charge < -0.3 is 4.74 Å². The number of hydroxylamine groups is 2. The molecule has 0 aromatic carbocycles. The summed E-state index contributed by atoms with van der Waals surface area (Å²) in [6, 6.07) is 0. The van der Waals surface area contributed by atoms with Gasteiger partial charge >= 0.3 is 0 Å². The highest BCUT2D eigenvalue weighted by Gasteiger charge is 2.50. The first-order valence-electron chi connectivity index (χ1n) is 5.77. The Balaban J connectivity index is 2.03. The maximum atomic E-state index is 5.73. The monoisotopic (exact) mass is 201 g/mol. The molecule has 0 spiro atoms. The molecule has 14 heavy (non-hydrogen) atoms. The van der Waals surface area contributed by atoms with Gasteiger partial charge in [-0.25, -0.2) is 0 Å². The lowest BCUT2D eigenvalue weighted by molar-refractivity contribution is -0.153. The van der Waals surface area contributed by atoms with E-state index in [9.17, 15) is 0 Å². The van der Waals surface area contributed by atoms with Gasteiger partial charge in [-0.2, -0.15) is 5.06 Å². The van der Waals surface area contributed by atoms with Crippen LogP contribution in [0.1, 0.15) is 46.5 Å². The normalized spacial score (nSPS) is 30.6. The second-order valence-corrected chi connectivity index (χ2v) is 4.10. The molecule has 3 heteroatoms. The third kappa shape index (κ3) is 3.56. The van der Waals surface area contributed by atoms with Crippen LogP contribution in [0.3, 0.4) is 0 Å². The molecule has 2 atom stereocenters. The second kappa shape index (κ2) is 5.69. The topological polar surface area (TPSA) is 21.5 Å². The maximum absolute atomic E-state index is 5.73. The van der Waals surface area contributed by atoms with Crippen LogP contribution in [-0.4, -0.2) is 30.5 Å². The molecule has 0 saturated carbocycles. The molecule has 84 valence electrons.